The highest BCUT2D eigenvalue weighted by molar-refractivity contribution is 9.09. The van der Waals surface area contributed by atoms with E-state index in [1.165, 1.54) is 32.1 Å². The van der Waals surface area contributed by atoms with Gasteiger partial charge in [-0.1, -0.05) is 42.6 Å². The van der Waals surface area contributed by atoms with E-state index in [1.54, 1.807) is 0 Å². The molecule has 1 aliphatic carbocycles. The van der Waals surface area contributed by atoms with E-state index in [2.05, 4.69) is 34.7 Å². The van der Waals surface area contributed by atoms with Crippen molar-refractivity contribution in [1.82, 2.24) is 4.90 Å². The molecule has 3 heteroatoms. The van der Waals surface area contributed by atoms with Crippen LogP contribution in [-0.2, 0) is 4.79 Å². The fourth-order valence-corrected chi connectivity index (χ4v) is 4.87. The predicted molar refractivity (Wildman–Crippen MR) is 88.1 cm³/mol. The van der Waals surface area contributed by atoms with E-state index in [1.807, 2.05) is 0 Å². The molecule has 2 nitrogen and oxygen atoms in total. The number of halogens is 1. The number of nitrogens with zero attached hydrogens (tertiary/aromatic N) is 1. The van der Waals surface area contributed by atoms with Crippen LogP contribution in [0, 0.1) is 11.3 Å². The average molecular weight is 344 g/mol. The van der Waals surface area contributed by atoms with Gasteiger partial charge in [0.05, 0.1) is 0 Å². The van der Waals surface area contributed by atoms with Crippen LogP contribution in [0.4, 0.5) is 0 Å². The SMILES string of the molecule is CC(C)CC1(C(=O)N2CCCCC2CCBr)CCCC1. The first kappa shape index (κ1) is 16.3. The van der Waals surface area contributed by atoms with Gasteiger partial charge in [-0.2, -0.15) is 0 Å². The molecule has 1 saturated heterocycles. The second kappa shape index (κ2) is 7.29. The number of alkyl halides is 1. The van der Waals surface area contributed by atoms with E-state index >= 15 is 0 Å². The summed E-state index contributed by atoms with van der Waals surface area (Å²) in [6.07, 6.45) is 10.6. The zero-order chi connectivity index (χ0) is 14.6. The molecule has 1 unspecified atom stereocenters. The summed E-state index contributed by atoms with van der Waals surface area (Å²) in [6.45, 7) is 5.52. The Morgan fingerprint density at radius 3 is 2.55 bits per heavy atom. The Hall–Kier alpha value is -0.0500. The largest absolute Gasteiger partial charge is 0.339 e. The molecule has 2 aliphatic rings. The molecule has 1 amide bonds. The van der Waals surface area contributed by atoms with Gasteiger partial charge in [-0.25, -0.2) is 0 Å². The van der Waals surface area contributed by atoms with Crippen LogP contribution in [0.2, 0.25) is 0 Å². The number of carbonyl (C=O) groups excluding carboxylic acids is 1. The highest BCUT2D eigenvalue weighted by Gasteiger charge is 2.45. The average Bonchev–Trinajstić information content (AvgIpc) is 2.88. The van der Waals surface area contributed by atoms with E-state index in [4.69, 9.17) is 0 Å². The van der Waals surface area contributed by atoms with Gasteiger partial charge in [-0.05, 0) is 50.9 Å². The molecule has 0 aromatic carbocycles. The van der Waals surface area contributed by atoms with E-state index in [0.29, 0.717) is 17.9 Å². The third kappa shape index (κ3) is 3.58. The molecule has 0 N–H and O–H groups in total. The minimum absolute atomic E-state index is 0.0178. The van der Waals surface area contributed by atoms with Gasteiger partial charge in [0.25, 0.3) is 0 Å². The summed E-state index contributed by atoms with van der Waals surface area (Å²) < 4.78 is 0. The molecule has 2 rings (SSSR count). The zero-order valence-electron chi connectivity index (χ0n) is 13.2. The highest BCUT2D eigenvalue weighted by atomic mass is 79.9. The number of piperidine rings is 1. The Morgan fingerprint density at radius 1 is 1.25 bits per heavy atom. The van der Waals surface area contributed by atoms with Crippen molar-refractivity contribution in [1.29, 1.82) is 0 Å². The molecule has 1 atom stereocenters. The molecule has 1 aliphatic heterocycles. The Kier molecular flexibility index (Phi) is 5.95. The maximum Gasteiger partial charge on any atom is 0.229 e. The van der Waals surface area contributed by atoms with Crippen LogP contribution in [0.15, 0.2) is 0 Å². The molecule has 116 valence electrons. The summed E-state index contributed by atoms with van der Waals surface area (Å²) in [5.74, 6) is 1.12. The fourth-order valence-electron chi connectivity index (χ4n) is 4.34. The summed E-state index contributed by atoms with van der Waals surface area (Å²) in [5, 5.41) is 1.01. The van der Waals surface area contributed by atoms with Gasteiger partial charge >= 0.3 is 0 Å². The molecule has 0 bridgehead atoms. The first-order valence-corrected chi connectivity index (χ1v) is 9.58. The van der Waals surface area contributed by atoms with Gasteiger partial charge in [0.2, 0.25) is 5.91 Å². The van der Waals surface area contributed by atoms with Crippen LogP contribution in [0.1, 0.15) is 71.6 Å². The molecule has 0 spiro atoms. The lowest BCUT2D eigenvalue weighted by Gasteiger charge is -2.42. The van der Waals surface area contributed by atoms with Crippen molar-refractivity contribution in [3.8, 4) is 0 Å². The van der Waals surface area contributed by atoms with Crippen LogP contribution < -0.4 is 0 Å². The van der Waals surface area contributed by atoms with Crippen molar-refractivity contribution in [2.75, 3.05) is 11.9 Å². The standard InChI is InChI=1S/C17H30BrNO/c1-14(2)13-17(9-4-5-10-17)16(20)19-12-6-3-7-15(19)8-11-18/h14-15H,3-13H2,1-2H3. The normalized spacial score (nSPS) is 26.2. The van der Waals surface area contributed by atoms with Gasteiger partial charge in [0.15, 0.2) is 0 Å². The van der Waals surface area contributed by atoms with Crippen molar-refractivity contribution < 1.29 is 4.79 Å². The fraction of sp³-hybridized carbons (Fsp3) is 0.941. The lowest BCUT2D eigenvalue weighted by Crippen LogP contribution is -2.50. The number of carbonyl (C=O) groups is 1. The Bertz CT molecular complexity index is 321. The predicted octanol–water partition coefficient (Wildman–Crippen LogP) is 4.76. The van der Waals surface area contributed by atoms with Crippen LogP contribution >= 0.6 is 15.9 Å². The first-order valence-electron chi connectivity index (χ1n) is 8.46. The Balaban J connectivity index is 2.13. The maximum absolute atomic E-state index is 13.3. The van der Waals surface area contributed by atoms with Gasteiger partial charge in [-0.15, -0.1) is 0 Å². The van der Waals surface area contributed by atoms with Gasteiger partial charge in [-0.3, -0.25) is 4.79 Å². The van der Waals surface area contributed by atoms with Crippen LogP contribution in [0.3, 0.4) is 0 Å². The zero-order valence-corrected chi connectivity index (χ0v) is 14.8. The molecule has 1 heterocycles. The van der Waals surface area contributed by atoms with Crippen molar-refractivity contribution >= 4 is 21.8 Å². The van der Waals surface area contributed by atoms with Crippen molar-refractivity contribution in [3.63, 3.8) is 0 Å². The van der Waals surface area contributed by atoms with Crippen molar-refractivity contribution in [2.45, 2.75) is 77.7 Å². The third-order valence-electron chi connectivity index (χ3n) is 5.14. The molecule has 2 fully saturated rings. The molecule has 0 aromatic rings. The molecule has 1 saturated carbocycles. The summed E-state index contributed by atoms with van der Waals surface area (Å²) in [4.78, 5) is 15.5. The minimum Gasteiger partial charge on any atom is -0.339 e. The molecule has 0 aromatic heterocycles. The number of likely N-dealkylation sites (tertiary alicyclic amines) is 1. The topological polar surface area (TPSA) is 20.3 Å². The number of hydrogen-bond donors (Lipinski definition) is 0. The molecule has 0 radical (unpaired) electrons. The third-order valence-corrected chi connectivity index (χ3v) is 5.60. The summed E-state index contributed by atoms with van der Waals surface area (Å²) in [7, 11) is 0. The smallest absolute Gasteiger partial charge is 0.229 e. The van der Waals surface area contributed by atoms with E-state index in [0.717, 1.165) is 37.6 Å². The van der Waals surface area contributed by atoms with Gasteiger partial charge < -0.3 is 4.90 Å². The van der Waals surface area contributed by atoms with Crippen LogP contribution in [0.25, 0.3) is 0 Å². The molecular formula is C17H30BrNO. The second-order valence-corrected chi connectivity index (χ2v) is 8.00. The first-order chi connectivity index (χ1) is 9.59. The maximum atomic E-state index is 13.3. The van der Waals surface area contributed by atoms with Gasteiger partial charge in [0, 0.05) is 23.3 Å². The summed E-state index contributed by atoms with van der Waals surface area (Å²) >= 11 is 3.56. The number of rotatable bonds is 5. The Labute approximate surface area is 132 Å². The quantitative estimate of drug-likeness (QED) is 0.659. The molecular weight excluding hydrogens is 314 g/mol. The van der Waals surface area contributed by atoms with E-state index in [-0.39, 0.29) is 5.41 Å². The summed E-state index contributed by atoms with van der Waals surface area (Å²) in [6, 6.07) is 0.486. The van der Waals surface area contributed by atoms with Gasteiger partial charge in [0.1, 0.15) is 0 Å². The lowest BCUT2D eigenvalue weighted by atomic mass is 9.76. The second-order valence-electron chi connectivity index (χ2n) is 7.21. The summed E-state index contributed by atoms with van der Waals surface area (Å²) in [5.41, 5.74) is -0.0178. The van der Waals surface area contributed by atoms with Crippen molar-refractivity contribution in [3.05, 3.63) is 0 Å². The van der Waals surface area contributed by atoms with Crippen LogP contribution in [0.5, 0.6) is 0 Å². The van der Waals surface area contributed by atoms with E-state index in [9.17, 15) is 4.79 Å². The van der Waals surface area contributed by atoms with Crippen molar-refractivity contribution in [2.24, 2.45) is 11.3 Å². The monoisotopic (exact) mass is 343 g/mol. The van der Waals surface area contributed by atoms with Crippen LogP contribution in [-0.4, -0.2) is 28.7 Å². The van der Waals surface area contributed by atoms with E-state index < -0.39 is 0 Å². The highest BCUT2D eigenvalue weighted by Crippen LogP contribution is 2.45. The number of amides is 1. The number of hydrogen-bond acceptors (Lipinski definition) is 1. The lowest BCUT2D eigenvalue weighted by molar-refractivity contribution is -0.147. The Morgan fingerprint density at radius 2 is 1.95 bits per heavy atom. The molecule has 20 heavy (non-hydrogen) atoms. The minimum atomic E-state index is -0.0178.